The van der Waals surface area contributed by atoms with Crippen LogP contribution in [0, 0.1) is 6.92 Å². The maximum Gasteiger partial charge on any atom is 0.266 e. The van der Waals surface area contributed by atoms with E-state index in [9.17, 15) is 8.42 Å². The third-order valence-electron chi connectivity index (χ3n) is 2.45. The van der Waals surface area contributed by atoms with Crippen molar-refractivity contribution in [2.24, 2.45) is 12.8 Å². The Hall–Kier alpha value is -1.32. The molecular formula is C10H13BrN4O3S. The molecule has 9 heteroatoms. The van der Waals surface area contributed by atoms with E-state index in [0.29, 0.717) is 17.1 Å². The molecule has 2 aromatic heterocycles. The Bertz CT molecular complexity index is 704. The first-order chi connectivity index (χ1) is 8.83. The summed E-state index contributed by atoms with van der Waals surface area (Å²) in [6, 6.07) is 1.39. The predicted octanol–water partition coefficient (Wildman–Crippen LogP) is 1.34. The van der Waals surface area contributed by atoms with Crippen LogP contribution < -0.4 is 10.5 Å². The van der Waals surface area contributed by atoms with E-state index in [-0.39, 0.29) is 16.1 Å². The van der Waals surface area contributed by atoms with Crippen LogP contribution in [0.1, 0.15) is 11.5 Å². The molecule has 0 aliphatic carbocycles. The first-order valence-electron chi connectivity index (χ1n) is 5.35. The molecule has 2 aromatic rings. The fraction of sp³-hybridized carbons (Fsp3) is 0.300. The molecule has 0 spiro atoms. The number of sulfonamides is 1. The summed E-state index contributed by atoms with van der Waals surface area (Å²) in [6.07, 6.45) is 1.59. The Kier molecular flexibility index (Phi) is 3.70. The summed E-state index contributed by atoms with van der Waals surface area (Å²) in [5.41, 5.74) is 6.42. The van der Waals surface area contributed by atoms with Crippen molar-refractivity contribution in [3.8, 4) is 0 Å². The average Bonchev–Trinajstić information content (AvgIpc) is 2.82. The van der Waals surface area contributed by atoms with Gasteiger partial charge in [0.1, 0.15) is 10.7 Å². The van der Waals surface area contributed by atoms with Gasteiger partial charge in [0.2, 0.25) is 0 Å². The topological polar surface area (TPSA) is 103 Å². The van der Waals surface area contributed by atoms with Crippen LogP contribution in [-0.2, 0) is 23.6 Å². The van der Waals surface area contributed by atoms with Gasteiger partial charge in [-0.05, 0) is 22.9 Å². The number of nitrogens with one attached hydrogen (secondary N) is 1. The lowest BCUT2D eigenvalue weighted by molar-refractivity contribution is 0.484. The van der Waals surface area contributed by atoms with E-state index < -0.39 is 10.0 Å². The standard InChI is InChI=1S/C10H13BrN4O3S/c1-6-8(5-15(2)13-6)14-19(16,17)9-3-7(4-12)18-10(9)11/h3,5,14H,4,12H2,1-2H3. The van der Waals surface area contributed by atoms with Crippen LogP contribution in [0.4, 0.5) is 5.69 Å². The summed E-state index contributed by atoms with van der Waals surface area (Å²) in [5.74, 6) is 0.384. The maximum atomic E-state index is 12.2. The van der Waals surface area contributed by atoms with Crippen LogP contribution in [-0.4, -0.2) is 18.2 Å². The average molecular weight is 349 g/mol. The summed E-state index contributed by atoms with van der Waals surface area (Å²) < 4.78 is 33.8. The van der Waals surface area contributed by atoms with E-state index in [1.165, 1.54) is 10.7 Å². The van der Waals surface area contributed by atoms with Gasteiger partial charge in [0.15, 0.2) is 4.67 Å². The monoisotopic (exact) mass is 348 g/mol. The van der Waals surface area contributed by atoms with Crippen LogP contribution in [0.25, 0.3) is 0 Å². The van der Waals surface area contributed by atoms with Gasteiger partial charge >= 0.3 is 0 Å². The van der Waals surface area contributed by atoms with E-state index in [1.807, 2.05) is 0 Å². The van der Waals surface area contributed by atoms with E-state index >= 15 is 0 Å². The zero-order valence-corrected chi connectivity index (χ0v) is 12.7. The van der Waals surface area contributed by atoms with E-state index in [0.717, 1.165) is 0 Å². The molecule has 7 nitrogen and oxygen atoms in total. The van der Waals surface area contributed by atoms with Gasteiger partial charge in [-0.15, -0.1) is 0 Å². The van der Waals surface area contributed by atoms with Crippen LogP contribution in [0.5, 0.6) is 0 Å². The number of aryl methyl sites for hydroxylation is 2. The van der Waals surface area contributed by atoms with Crippen molar-refractivity contribution in [2.75, 3.05) is 4.72 Å². The number of hydrogen-bond donors (Lipinski definition) is 2. The highest BCUT2D eigenvalue weighted by molar-refractivity contribution is 9.10. The number of halogens is 1. The molecule has 0 saturated carbocycles. The fourth-order valence-corrected chi connectivity index (χ4v) is 3.68. The van der Waals surface area contributed by atoms with Crippen LogP contribution >= 0.6 is 15.9 Å². The molecule has 3 N–H and O–H groups in total. The highest BCUT2D eigenvalue weighted by Crippen LogP contribution is 2.28. The largest absolute Gasteiger partial charge is 0.452 e. The van der Waals surface area contributed by atoms with Crippen LogP contribution in [0.3, 0.4) is 0 Å². The summed E-state index contributed by atoms with van der Waals surface area (Å²) in [7, 11) is -2.03. The number of hydrogen-bond acceptors (Lipinski definition) is 5. The van der Waals surface area contributed by atoms with E-state index in [4.69, 9.17) is 10.2 Å². The number of rotatable bonds is 4. The molecule has 0 aromatic carbocycles. The minimum absolute atomic E-state index is 0.0104. The number of anilines is 1. The Morgan fingerprint density at radius 3 is 2.74 bits per heavy atom. The van der Waals surface area contributed by atoms with Gasteiger partial charge in [-0.3, -0.25) is 9.40 Å². The van der Waals surface area contributed by atoms with E-state index in [1.54, 1.807) is 20.2 Å². The lowest BCUT2D eigenvalue weighted by Gasteiger charge is -2.04. The Labute approximate surface area is 119 Å². The molecule has 0 radical (unpaired) electrons. The molecule has 0 aliphatic heterocycles. The molecule has 0 atom stereocenters. The minimum Gasteiger partial charge on any atom is -0.452 e. The van der Waals surface area contributed by atoms with Crippen LogP contribution in [0.15, 0.2) is 26.2 Å². The maximum absolute atomic E-state index is 12.2. The second-order valence-electron chi connectivity index (χ2n) is 3.96. The second kappa shape index (κ2) is 4.99. The van der Waals surface area contributed by atoms with Crippen molar-refractivity contribution < 1.29 is 12.8 Å². The number of nitrogens with zero attached hydrogens (tertiary/aromatic N) is 2. The fourth-order valence-electron chi connectivity index (χ4n) is 1.58. The normalized spacial score (nSPS) is 11.8. The van der Waals surface area contributed by atoms with Gasteiger partial charge in [-0.1, -0.05) is 0 Å². The zero-order valence-electron chi connectivity index (χ0n) is 10.3. The van der Waals surface area contributed by atoms with Crippen molar-refractivity contribution in [1.82, 2.24) is 9.78 Å². The van der Waals surface area contributed by atoms with Gasteiger partial charge in [-0.25, -0.2) is 8.42 Å². The van der Waals surface area contributed by atoms with Crippen molar-refractivity contribution >= 4 is 31.6 Å². The zero-order chi connectivity index (χ0) is 14.2. The Morgan fingerprint density at radius 1 is 1.58 bits per heavy atom. The molecule has 104 valence electrons. The molecule has 2 heterocycles. The number of nitrogens with two attached hydrogens (primary N) is 1. The van der Waals surface area contributed by atoms with Crippen molar-refractivity contribution in [2.45, 2.75) is 18.4 Å². The van der Waals surface area contributed by atoms with Gasteiger partial charge < -0.3 is 10.2 Å². The van der Waals surface area contributed by atoms with Crippen molar-refractivity contribution in [3.63, 3.8) is 0 Å². The van der Waals surface area contributed by atoms with Gasteiger partial charge in [-0.2, -0.15) is 5.10 Å². The van der Waals surface area contributed by atoms with Crippen LogP contribution in [0.2, 0.25) is 0 Å². The Balaban J connectivity index is 2.37. The second-order valence-corrected chi connectivity index (χ2v) is 6.33. The molecule has 0 unspecified atom stereocenters. The SMILES string of the molecule is Cc1nn(C)cc1NS(=O)(=O)c1cc(CN)oc1Br. The highest BCUT2D eigenvalue weighted by Gasteiger charge is 2.23. The Morgan fingerprint density at radius 2 is 2.26 bits per heavy atom. The lowest BCUT2D eigenvalue weighted by atomic mass is 10.4. The molecule has 0 saturated heterocycles. The van der Waals surface area contributed by atoms with Crippen molar-refractivity contribution in [3.05, 3.63) is 28.4 Å². The molecule has 19 heavy (non-hydrogen) atoms. The molecule has 0 fully saturated rings. The highest BCUT2D eigenvalue weighted by atomic mass is 79.9. The number of aromatic nitrogens is 2. The quantitative estimate of drug-likeness (QED) is 0.867. The first-order valence-corrected chi connectivity index (χ1v) is 7.62. The molecule has 0 amide bonds. The van der Waals surface area contributed by atoms with E-state index in [2.05, 4.69) is 25.8 Å². The number of furan rings is 1. The van der Waals surface area contributed by atoms with Gasteiger partial charge in [0.05, 0.1) is 17.9 Å². The molecule has 0 bridgehead atoms. The molecular weight excluding hydrogens is 336 g/mol. The molecule has 2 rings (SSSR count). The third-order valence-corrected chi connectivity index (χ3v) is 4.68. The summed E-state index contributed by atoms with van der Waals surface area (Å²) in [6.45, 7) is 1.84. The first kappa shape index (κ1) is 14.1. The predicted molar refractivity (Wildman–Crippen MR) is 73.1 cm³/mol. The lowest BCUT2D eigenvalue weighted by Crippen LogP contribution is -2.13. The van der Waals surface area contributed by atoms with Gasteiger partial charge in [0, 0.05) is 19.3 Å². The van der Waals surface area contributed by atoms with Crippen molar-refractivity contribution in [1.29, 1.82) is 0 Å². The summed E-state index contributed by atoms with van der Waals surface area (Å²) in [4.78, 5) is 0.0104. The smallest absolute Gasteiger partial charge is 0.266 e. The third kappa shape index (κ3) is 2.82. The summed E-state index contributed by atoms with van der Waals surface area (Å²) >= 11 is 3.07. The minimum atomic E-state index is -3.74. The van der Waals surface area contributed by atoms with Gasteiger partial charge in [0.25, 0.3) is 10.0 Å². The molecule has 0 aliphatic rings. The summed E-state index contributed by atoms with van der Waals surface area (Å²) in [5, 5.41) is 4.07.